The first-order valence-corrected chi connectivity index (χ1v) is 9.74. The number of nitro benzene ring substituents is 1. The molecule has 0 radical (unpaired) electrons. The third kappa shape index (κ3) is 4.12. The van der Waals surface area contributed by atoms with E-state index in [-0.39, 0.29) is 22.0 Å². The highest BCUT2D eigenvalue weighted by Gasteiger charge is 2.20. The number of nitrogens with one attached hydrogen (secondary N) is 1. The predicted molar refractivity (Wildman–Crippen MR) is 103 cm³/mol. The van der Waals surface area contributed by atoms with Crippen molar-refractivity contribution in [3.05, 3.63) is 69.5 Å². The molecule has 0 aliphatic carbocycles. The fraction of sp³-hybridized carbons (Fsp3) is 0.118. The molecule has 1 heterocycles. The number of hydrogen-bond acceptors (Lipinski definition) is 7. The summed E-state index contributed by atoms with van der Waals surface area (Å²) < 4.78 is 24.6. The smallest absolute Gasteiger partial charge is 0.278 e. The summed E-state index contributed by atoms with van der Waals surface area (Å²) in [5.41, 5.74) is 1.23. The second kappa shape index (κ2) is 7.41. The zero-order chi connectivity index (χ0) is 21.3. The van der Waals surface area contributed by atoms with Gasteiger partial charge in [-0.1, -0.05) is 17.3 Å². The number of nitro groups is 1. The Balaban J connectivity index is 1.91. The van der Waals surface area contributed by atoms with Crippen molar-refractivity contribution in [3.8, 4) is 5.69 Å². The number of aromatic nitrogens is 3. The zero-order valence-electron chi connectivity index (χ0n) is 15.4. The van der Waals surface area contributed by atoms with Crippen molar-refractivity contribution < 1.29 is 18.1 Å². The lowest BCUT2D eigenvalue weighted by molar-refractivity contribution is -0.384. The molecule has 0 saturated heterocycles. The lowest BCUT2D eigenvalue weighted by atomic mass is 10.2. The topological polar surface area (TPSA) is 163 Å². The van der Waals surface area contributed by atoms with Crippen LogP contribution in [0.15, 0.2) is 47.4 Å². The number of amides is 1. The maximum Gasteiger partial charge on any atom is 0.278 e. The number of nitrogens with zero attached hydrogens (tertiary/aromatic N) is 4. The van der Waals surface area contributed by atoms with Crippen LogP contribution < -0.4 is 10.5 Å². The summed E-state index contributed by atoms with van der Waals surface area (Å²) in [5, 5.41) is 26.4. The molecule has 0 unspecified atom stereocenters. The number of non-ortho nitro benzene ring substituents is 1. The van der Waals surface area contributed by atoms with Crippen LogP contribution in [0.1, 0.15) is 21.7 Å². The van der Waals surface area contributed by atoms with Crippen molar-refractivity contribution in [2.75, 3.05) is 5.32 Å². The van der Waals surface area contributed by atoms with Gasteiger partial charge in [0.1, 0.15) is 0 Å². The number of anilines is 1. The Labute approximate surface area is 165 Å². The summed E-state index contributed by atoms with van der Waals surface area (Å²) in [6.45, 7) is 3.17. The van der Waals surface area contributed by atoms with Crippen molar-refractivity contribution >= 4 is 27.3 Å². The maximum atomic E-state index is 12.6. The highest BCUT2D eigenvalue weighted by atomic mass is 32.2. The Kier molecular flexibility index (Phi) is 5.14. The predicted octanol–water partition coefficient (Wildman–Crippen LogP) is 1.69. The van der Waals surface area contributed by atoms with Crippen LogP contribution in [0.5, 0.6) is 0 Å². The molecule has 0 aliphatic heterocycles. The van der Waals surface area contributed by atoms with Crippen molar-refractivity contribution in [3.63, 3.8) is 0 Å². The third-order valence-corrected chi connectivity index (χ3v) is 5.20. The number of carbonyl (C=O) groups excluding carboxylic acids is 1. The van der Waals surface area contributed by atoms with E-state index in [4.69, 9.17) is 5.14 Å². The lowest BCUT2D eigenvalue weighted by Crippen LogP contribution is -2.17. The van der Waals surface area contributed by atoms with Crippen LogP contribution in [-0.2, 0) is 10.0 Å². The molecule has 1 amide bonds. The van der Waals surface area contributed by atoms with E-state index in [2.05, 4.69) is 15.6 Å². The first-order valence-electron chi connectivity index (χ1n) is 8.20. The first-order chi connectivity index (χ1) is 13.6. The van der Waals surface area contributed by atoms with Crippen LogP contribution in [0, 0.1) is 24.0 Å². The van der Waals surface area contributed by atoms with Crippen molar-refractivity contribution in [2.24, 2.45) is 5.14 Å². The Morgan fingerprint density at radius 2 is 1.93 bits per heavy atom. The fourth-order valence-corrected chi connectivity index (χ4v) is 3.51. The van der Waals surface area contributed by atoms with E-state index in [1.165, 1.54) is 41.1 Å². The van der Waals surface area contributed by atoms with Gasteiger partial charge in [0.05, 0.1) is 21.2 Å². The summed E-state index contributed by atoms with van der Waals surface area (Å²) in [6.07, 6.45) is 0. The van der Waals surface area contributed by atoms with Crippen LogP contribution in [0.3, 0.4) is 0 Å². The molecule has 0 aliphatic rings. The minimum atomic E-state index is -3.95. The molecule has 150 valence electrons. The Bertz CT molecular complexity index is 1230. The molecule has 0 spiro atoms. The molecule has 3 aromatic rings. The summed E-state index contributed by atoms with van der Waals surface area (Å²) in [4.78, 5) is 22.9. The molecule has 0 atom stereocenters. The largest absolute Gasteiger partial charge is 0.320 e. The Hall–Kier alpha value is -3.64. The van der Waals surface area contributed by atoms with Crippen LogP contribution in [0.25, 0.3) is 5.69 Å². The van der Waals surface area contributed by atoms with E-state index in [0.29, 0.717) is 16.9 Å². The van der Waals surface area contributed by atoms with E-state index in [1.54, 1.807) is 19.9 Å². The van der Waals surface area contributed by atoms with Crippen LogP contribution >= 0.6 is 0 Å². The van der Waals surface area contributed by atoms with Gasteiger partial charge in [0, 0.05) is 17.8 Å². The Morgan fingerprint density at radius 1 is 1.21 bits per heavy atom. The monoisotopic (exact) mass is 416 g/mol. The summed E-state index contributed by atoms with van der Waals surface area (Å²) >= 11 is 0. The van der Waals surface area contributed by atoms with Crippen LogP contribution in [0.4, 0.5) is 11.4 Å². The number of hydrogen-bond donors (Lipinski definition) is 2. The third-order valence-electron chi connectivity index (χ3n) is 4.15. The van der Waals surface area contributed by atoms with Crippen molar-refractivity contribution in [1.82, 2.24) is 15.0 Å². The quantitative estimate of drug-likeness (QED) is 0.472. The molecule has 3 N–H and O–H groups in total. The van der Waals surface area contributed by atoms with Crippen LogP contribution in [-0.4, -0.2) is 34.2 Å². The molecule has 2 aromatic carbocycles. The van der Waals surface area contributed by atoms with Crippen LogP contribution in [0.2, 0.25) is 0 Å². The van der Waals surface area contributed by atoms with Gasteiger partial charge >= 0.3 is 0 Å². The average molecular weight is 416 g/mol. The first kappa shape index (κ1) is 20.1. The summed E-state index contributed by atoms with van der Waals surface area (Å²) in [7, 11) is -3.95. The van der Waals surface area contributed by atoms with Crippen molar-refractivity contribution in [2.45, 2.75) is 18.7 Å². The minimum Gasteiger partial charge on any atom is -0.320 e. The second-order valence-corrected chi connectivity index (χ2v) is 7.72. The van der Waals surface area contributed by atoms with Gasteiger partial charge in [-0.15, -0.1) is 5.10 Å². The number of sulfonamides is 1. The summed E-state index contributed by atoms with van der Waals surface area (Å²) in [5.74, 6) is -0.622. The number of benzene rings is 2. The van der Waals surface area contributed by atoms with Gasteiger partial charge in [-0.05, 0) is 37.6 Å². The number of rotatable bonds is 5. The molecule has 0 bridgehead atoms. The molecule has 0 fully saturated rings. The lowest BCUT2D eigenvalue weighted by Gasteiger charge is -2.08. The number of aryl methyl sites for hydroxylation is 1. The van der Waals surface area contributed by atoms with Gasteiger partial charge in [-0.3, -0.25) is 14.9 Å². The van der Waals surface area contributed by atoms with Crippen molar-refractivity contribution in [1.29, 1.82) is 0 Å². The standard InChI is InChI=1S/C17H16N6O5S/c1-10-6-7-12(8-15(10)29(18,27)28)19-17(24)16-11(2)22(21-20-16)13-4-3-5-14(9-13)23(25)26/h3-9H,1-2H3,(H,19,24)(H2,18,27,28). The minimum absolute atomic E-state index is 0.0192. The molecular weight excluding hydrogens is 400 g/mol. The molecule has 29 heavy (non-hydrogen) atoms. The molecule has 0 saturated carbocycles. The Morgan fingerprint density at radius 3 is 2.59 bits per heavy atom. The highest BCUT2D eigenvalue weighted by molar-refractivity contribution is 7.89. The SMILES string of the molecule is Cc1ccc(NC(=O)c2nnn(-c3cccc([N+](=O)[O-])c3)c2C)cc1S(N)(=O)=O. The molecular formula is C17H16N6O5S. The maximum absolute atomic E-state index is 12.6. The van der Waals surface area contributed by atoms with Gasteiger partial charge in [-0.2, -0.15) is 0 Å². The highest BCUT2D eigenvalue weighted by Crippen LogP contribution is 2.21. The number of nitrogens with two attached hydrogens (primary N) is 1. The van der Waals surface area contributed by atoms with Gasteiger partial charge in [0.2, 0.25) is 10.0 Å². The van der Waals surface area contributed by atoms with E-state index >= 15 is 0 Å². The number of primary sulfonamides is 1. The van der Waals surface area contributed by atoms with E-state index < -0.39 is 20.9 Å². The van der Waals surface area contributed by atoms with E-state index in [9.17, 15) is 23.3 Å². The van der Waals surface area contributed by atoms with Gasteiger partial charge in [0.25, 0.3) is 11.6 Å². The molecule has 3 rings (SSSR count). The van der Waals surface area contributed by atoms with Gasteiger partial charge < -0.3 is 5.32 Å². The molecule has 12 heteroatoms. The fourth-order valence-electron chi connectivity index (χ4n) is 2.70. The second-order valence-electron chi connectivity index (χ2n) is 6.19. The normalized spacial score (nSPS) is 11.3. The molecule has 1 aromatic heterocycles. The zero-order valence-corrected chi connectivity index (χ0v) is 16.2. The summed E-state index contributed by atoms with van der Waals surface area (Å²) in [6, 6.07) is 10.0. The van der Waals surface area contributed by atoms with Gasteiger partial charge in [0.15, 0.2) is 5.69 Å². The average Bonchev–Trinajstić information content (AvgIpc) is 3.04. The van der Waals surface area contributed by atoms with E-state index in [1.807, 2.05) is 0 Å². The van der Waals surface area contributed by atoms with E-state index in [0.717, 1.165) is 0 Å². The number of carbonyl (C=O) groups is 1. The van der Waals surface area contributed by atoms with Gasteiger partial charge in [-0.25, -0.2) is 18.2 Å². The molecule has 11 nitrogen and oxygen atoms in total.